The minimum Gasteiger partial charge on any atom is -0.313 e. The summed E-state index contributed by atoms with van der Waals surface area (Å²) < 4.78 is 27.7. The van der Waals surface area contributed by atoms with Crippen molar-refractivity contribution >= 4 is 0 Å². The highest BCUT2D eigenvalue weighted by Crippen LogP contribution is 2.23. The Morgan fingerprint density at radius 3 is 2.40 bits per heavy atom. The van der Waals surface area contributed by atoms with Gasteiger partial charge in [-0.2, -0.15) is 0 Å². The Morgan fingerprint density at radius 2 is 1.75 bits per heavy atom. The third kappa shape index (κ3) is 3.23. The lowest BCUT2D eigenvalue weighted by Gasteiger charge is -2.17. The fourth-order valence-electron chi connectivity index (χ4n) is 2.40. The fraction of sp³-hybridized carbons (Fsp3) is 0.294. The molecule has 0 heterocycles. The predicted octanol–water partition coefficient (Wildman–Crippen LogP) is 4.17. The number of hydrogen-bond acceptors (Lipinski definition) is 1. The summed E-state index contributed by atoms with van der Waals surface area (Å²) in [7, 11) is 1.86. The van der Waals surface area contributed by atoms with Gasteiger partial charge in [0.25, 0.3) is 0 Å². The average molecular weight is 275 g/mol. The highest BCUT2D eigenvalue weighted by atomic mass is 19.1. The van der Waals surface area contributed by atoms with Gasteiger partial charge in [0.2, 0.25) is 0 Å². The first-order chi connectivity index (χ1) is 9.63. The van der Waals surface area contributed by atoms with Crippen molar-refractivity contribution in [2.45, 2.75) is 25.8 Å². The predicted molar refractivity (Wildman–Crippen MR) is 77.7 cm³/mol. The molecular formula is C17H19F2N. The standard InChI is InChI=1S/C17H19F2N/c1-12-8-10-15(18)14(17(12)19)9-11-16(20-2)13-6-4-3-5-7-13/h3-8,10,16,20H,9,11H2,1-2H3. The third-order valence-electron chi connectivity index (χ3n) is 3.61. The zero-order chi connectivity index (χ0) is 14.5. The van der Waals surface area contributed by atoms with Crippen LogP contribution in [-0.4, -0.2) is 7.05 Å². The van der Waals surface area contributed by atoms with Crippen LogP contribution in [0.3, 0.4) is 0 Å². The molecule has 0 aliphatic heterocycles. The van der Waals surface area contributed by atoms with Gasteiger partial charge in [-0.25, -0.2) is 8.78 Å². The van der Waals surface area contributed by atoms with E-state index in [0.29, 0.717) is 18.4 Å². The Kier molecular flexibility index (Phi) is 4.85. The van der Waals surface area contributed by atoms with Crippen LogP contribution < -0.4 is 5.32 Å². The summed E-state index contributed by atoms with van der Waals surface area (Å²) in [4.78, 5) is 0. The molecule has 0 bridgehead atoms. The van der Waals surface area contributed by atoms with Crippen molar-refractivity contribution in [2.24, 2.45) is 0 Å². The quantitative estimate of drug-likeness (QED) is 0.863. The minimum absolute atomic E-state index is 0.0931. The van der Waals surface area contributed by atoms with Crippen molar-refractivity contribution in [1.82, 2.24) is 5.32 Å². The SMILES string of the molecule is CNC(CCc1c(F)ccc(C)c1F)c1ccccc1. The van der Waals surface area contributed by atoms with E-state index in [2.05, 4.69) is 5.32 Å². The highest BCUT2D eigenvalue weighted by molar-refractivity contribution is 5.27. The molecule has 1 atom stereocenters. The Hall–Kier alpha value is -1.74. The van der Waals surface area contributed by atoms with Gasteiger partial charge in [0.1, 0.15) is 11.6 Å². The van der Waals surface area contributed by atoms with Crippen molar-refractivity contribution in [3.05, 3.63) is 70.8 Å². The molecule has 0 aliphatic carbocycles. The molecular weight excluding hydrogens is 256 g/mol. The summed E-state index contributed by atoms with van der Waals surface area (Å²) >= 11 is 0. The topological polar surface area (TPSA) is 12.0 Å². The van der Waals surface area contributed by atoms with E-state index in [1.807, 2.05) is 37.4 Å². The van der Waals surface area contributed by atoms with E-state index in [1.54, 1.807) is 6.92 Å². The third-order valence-corrected chi connectivity index (χ3v) is 3.61. The molecule has 0 spiro atoms. The fourth-order valence-corrected chi connectivity index (χ4v) is 2.40. The number of aryl methyl sites for hydroxylation is 1. The van der Waals surface area contributed by atoms with Crippen LogP contribution >= 0.6 is 0 Å². The molecule has 2 rings (SSSR count). The van der Waals surface area contributed by atoms with Crippen LogP contribution in [0, 0.1) is 18.6 Å². The highest BCUT2D eigenvalue weighted by Gasteiger charge is 2.14. The summed E-state index contributed by atoms with van der Waals surface area (Å²) in [5, 5.41) is 3.20. The maximum Gasteiger partial charge on any atom is 0.132 e. The second-order valence-corrected chi connectivity index (χ2v) is 4.95. The molecule has 2 aromatic rings. The molecule has 1 nitrogen and oxygen atoms in total. The zero-order valence-corrected chi connectivity index (χ0v) is 11.8. The molecule has 1 N–H and O–H groups in total. The lowest BCUT2D eigenvalue weighted by Crippen LogP contribution is -2.17. The molecule has 20 heavy (non-hydrogen) atoms. The smallest absolute Gasteiger partial charge is 0.132 e. The molecule has 3 heteroatoms. The Labute approximate surface area is 118 Å². The summed E-state index contributed by atoms with van der Waals surface area (Å²) in [6.45, 7) is 1.66. The summed E-state index contributed by atoms with van der Waals surface area (Å²) in [5.41, 5.74) is 1.80. The number of hydrogen-bond donors (Lipinski definition) is 1. The summed E-state index contributed by atoms with van der Waals surface area (Å²) in [6.07, 6.45) is 1.03. The van der Waals surface area contributed by atoms with Gasteiger partial charge in [-0.1, -0.05) is 36.4 Å². The molecule has 0 saturated heterocycles. The van der Waals surface area contributed by atoms with E-state index in [-0.39, 0.29) is 11.6 Å². The van der Waals surface area contributed by atoms with E-state index in [1.165, 1.54) is 12.1 Å². The van der Waals surface area contributed by atoms with E-state index in [4.69, 9.17) is 0 Å². The number of rotatable bonds is 5. The van der Waals surface area contributed by atoms with Crippen molar-refractivity contribution in [3.8, 4) is 0 Å². The molecule has 0 saturated carbocycles. The second kappa shape index (κ2) is 6.62. The molecule has 0 fully saturated rings. The lowest BCUT2D eigenvalue weighted by molar-refractivity contribution is 0.508. The van der Waals surface area contributed by atoms with Crippen LogP contribution in [0.25, 0.3) is 0 Å². The largest absolute Gasteiger partial charge is 0.313 e. The first-order valence-corrected chi connectivity index (χ1v) is 6.79. The molecule has 0 aliphatic rings. The van der Waals surface area contributed by atoms with E-state index < -0.39 is 11.6 Å². The van der Waals surface area contributed by atoms with Crippen LogP contribution in [-0.2, 0) is 6.42 Å². The normalized spacial score (nSPS) is 12.4. The van der Waals surface area contributed by atoms with Gasteiger partial charge in [0, 0.05) is 11.6 Å². The van der Waals surface area contributed by atoms with Gasteiger partial charge < -0.3 is 5.32 Å². The number of benzene rings is 2. The van der Waals surface area contributed by atoms with Crippen LogP contribution in [0.1, 0.15) is 29.2 Å². The lowest BCUT2D eigenvalue weighted by atomic mass is 9.97. The van der Waals surface area contributed by atoms with Crippen molar-refractivity contribution < 1.29 is 8.78 Å². The first kappa shape index (κ1) is 14.7. The van der Waals surface area contributed by atoms with Crippen LogP contribution in [0.2, 0.25) is 0 Å². The maximum absolute atomic E-state index is 14.0. The minimum atomic E-state index is -0.462. The molecule has 106 valence electrons. The van der Waals surface area contributed by atoms with E-state index in [9.17, 15) is 8.78 Å². The first-order valence-electron chi connectivity index (χ1n) is 6.79. The van der Waals surface area contributed by atoms with Gasteiger partial charge in [0.15, 0.2) is 0 Å². The number of nitrogens with one attached hydrogen (secondary N) is 1. The van der Waals surface area contributed by atoms with Crippen LogP contribution in [0.4, 0.5) is 8.78 Å². The van der Waals surface area contributed by atoms with E-state index >= 15 is 0 Å². The molecule has 0 radical (unpaired) electrons. The average Bonchev–Trinajstić information content (AvgIpc) is 2.48. The van der Waals surface area contributed by atoms with E-state index in [0.717, 1.165) is 5.56 Å². The monoisotopic (exact) mass is 275 g/mol. The molecule has 1 unspecified atom stereocenters. The van der Waals surface area contributed by atoms with Crippen LogP contribution in [0.15, 0.2) is 42.5 Å². The zero-order valence-electron chi connectivity index (χ0n) is 11.8. The second-order valence-electron chi connectivity index (χ2n) is 4.95. The van der Waals surface area contributed by atoms with Gasteiger partial charge in [-0.15, -0.1) is 0 Å². The van der Waals surface area contributed by atoms with Gasteiger partial charge in [-0.05, 0) is 44.0 Å². The number of halogens is 2. The Balaban J connectivity index is 2.14. The van der Waals surface area contributed by atoms with Crippen molar-refractivity contribution in [2.75, 3.05) is 7.05 Å². The Bertz CT molecular complexity index is 567. The molecule has 2 aromatic carbocycles. The van der Waals surface area contributed by atoms with Crippen molar-refractivity contribution in [3.63, 3.8) is 0 Å². The maximum atomic E-state index is 14.0. The molecule has 0 aromatic heterocycles. The van der Waals surface area contributed by atoms with Crippen molar-refractivity contribution in [1.29, 1.82) is 0 Å². The summed E-state index contributed by atoms with van der Waals surface area (Å²) in [6, 6.07) is 12.8. The summed E-state index contributed by atoms with van der Waals surface area (Å²) in [5.74, 6) is -0.885. The van der Waals surface area contributed by atoms with Gasteiger partial charge in [0.05, 0.1) is 0 Å². The van der Waals surface area contributed by atoms with Crippen LogP contribution in [0.5, 0.6) is 0 Å². The van der Waals surface area contributed by atoms with Gasteiger partial charge >= 0.3 is 0 Å². The Morgan fingerprint density at radius 1 is 1.05 bits per heavy atom. The van der Waals surface area contributed by atoms with Gasteiger partial charge in [-0.3, -0.25) is 0 Å². The molecule has 0 amide bonds.